The Hall–Kier alpha value is -0.620. The number of hydrogen-bond donors (Lipinski definition) is 0. The summed E-state index contributed by atoms with van der Waals surface area (Å²) in [6.07, 6.45) is 1.10. The second-order valence-electron chi connectivity index (χ2n) is 2.58. The maximum Gasteiger partial charge on any atom is 0.264 e. The lowest BCUT2D eigenvalue weighted by molar-refractivity contribution is 0.0572. The molecule has 2 nitrogen and oxygen atoms in total. The zero-order valence-electron chi connectivity index (χ0n) is 5.77. The average Bonchev–Trinajstić information content (AvgIpc) is 2.06. The lowest BCUT2D eigenvalue weighted by atomic mass is 9.93. The summed E-state index contributed by atoms with van der Waals surface area (Å²) in [7, 11) is 0. The molecule has 56 valence electrons. The summed E-state index contributed by atoms with van der Waals surface area (Å²) >= 11 is 0. The fourth-order valence-electron chi connectivity index (χ4n) is 1.03. The van der Waals surface area contributed by atoms with Crippen LogP contribution in [0.25, 0.3) is 4.85 Å². The molecule has 0 unspecified atom stereocenters. The fourth-order valence-corrected chi connectivity index (χ4v) is 1.03. The molecule has 0 spiro atoms. The van der Waals surface area contributed by atoms with E-state index in [1.165, 1.54) is 0 Å². The molecule has 1 aliphatic rings. The molecule has 0 N–H and O–H groups in total. The molecule has 0 aliphatic carbocycles. The van der Waals surface area contributed by atoms with Gasteiger partial charge in [0.15, 0.2) is 6.67 Å². The van der Waals surface area contributed by atoms with Crippen molar-refractivity contribution in [3.63, 3.8) is 0 Å². The molecule has 0 aromatic rings. The first-order chi connectivity index (χ1) is 4.83. The van der Waals surface area contributed by atoms with Gasteiger partial charge in [0.25, 0.3) is 5.54 Å². The Labute approximate surface area is 59.8 Å². The highest BCUT2D eigenvalue weighted by atomic mass is 19.1. The number of nitrogens with zero attached hydrogens (tertiary/aromatic N) is 1. The van der Waals surface area contributed by atoms with Crippen LogP contribution in [0, 0.1) is 6.57 Å². The highest BCUT2D eigenvalue weighted by molar-refractivity contribution is 4.99. The number of rotatable bonds is 1. The zero-order chi connectivity index (χ0) is 7.45. The molecule has 1 fully saturated rings. The lowest BCUT2D eigenvalue weighted by Crippen LogP contribution is -2.34. The molecule has 1 saturated heterocycles. The van der Waals surface area contributed by atoms with Crippen molar-refractivity contribution in [3.05, 3.63) is 11.4 Å². The number of halogens is 1. The molecule has 1 rings (SSSR count). The van der Waals surface area contributed by atoms with E-state index in [0.29, 0.717) is 26.1 Å². The summed E-state index contributed by atoms with van der Waals surface area (Å²) < 4.78 is 17.3. The Morgan fingerprint density at radius 1 is 1.50 bits per heavy atom. The van der Waals surface area contributed by atoms with Crippen LogP contribution in [-0.2, 0) is 4.74 Å². The van der Waals surface area contributed by atoms with Crippen molar-refractivity contribution in [2.75, 3.05) is 19.9 Å². The van der Waals surface area contributed by atoms with Crippen LogP contribution >= 0.6 is 0 Å². The van der Waals surface area contributed by atoms with Gasteiger partial charge in [-0.05, 0) is 0 Å². The van der Waals surface area contributed by atoms with E-state index in [9.17, 15) is 4.39 Å². The monoisotopic (exact) mass is 143 g/mol. The van der Waals surface area contributed by atoms with E-state index in [2.05, 4.69) is 4.85 Å². The minimum Gasteiger partial charge on any atom is -0.381 e. The third-order valence-corrected chi connectivity index (χ3v) is 1.91. The Kier molecular flexibility index (Phi) is 2.23. The second-order valence-corrected chi connectivity index (χ2v) is 2.58. The highest BCUT2D eigenvalue weighted by Gasteiger charge is 2.38. The first kappa shape index (κ1) is 7.49. The summed E-state index contributed by atoms with van der Waals surface area (Å²) in [6, 6.07) is 0. The standard InChI is InChI=1S/C7H10FNO/c1-9-7(6-8)2-4-10-5-3-7/h2-6H2. The third-order valence-electron chi connectivity index (χ3n) is 1.91. The number of ether oxygens (including phenoxy) is 1. The van der Waals surface area contributed by atoms with Crippen molar-refractivity contribution < 1.29 is 9.13 Å². The number of hydrogen-bond acceptors (Lipinski definition) is 1. The van der Waals surface area contributed by atoms with Gasteiger partial charge in [-0.25, -0.2) is 11.0 Å². The van der Waals surface area contributed by atoms with Crippen LogP contribution in [0.2, 0.25) is 0 Å². The maximum atomic E-state index is 12.3. The van der Waals surface area contributed by atoms with E-state index in [-0.39, 0.29) is 0 Å². The molecule has 1 aliphatic heterocycles. The Morgan fingerprint density at radius 2 is 2.10 bits per heavy atom. The largest absolute Gasteiger partial charge is 0.381 e. The molecule has 0 atom stereocenters. The van der Waals surface area contributed by atoms with Crippen LogP contribution in [0.3, 0.4) is 0 Å². The van der Waals surface area contributed by atoms with Crippen LogP contribution in [0.5, 0.6) is 0 Å². The summed E-state index contributed by atoms with van der Waals surface area (Å²) in [5.41, 5.74) is -0.738. The van der Waals surface area contributed by atoms with Gasteiger partial charge in [0.05, 0.1) is 26.1 Å². The van der Waals surface area contributed by atoms with Gasteiger partial charge in [-0.15, -0.1) is 0 Å². The highest BCUT2D eigenvalue weighted by Crippen LogP contribution is 2.25. The van der Waals surface area contributed by atoms with Gasteiger partial charge in [0.2, 0.25) is 0 Å². The van der Waals surface area contributed by atoms with Gasteiger partial charge in [-0.3, -0.25) is 0 Å². The predicted molar refractivity (Wildman–Crippen MR) is 35.4 cm³/mol. The Balaban J connectivity index is 2.55. The molecule has 0 amide bonds. The summed E-state index contributed by atoms with van der Waals surface area (Å²) in [5, 5.41) is 0. The zero-order valence-corrected chi connectivity index (χ0v) is 5.77. The van der Waals surface area contributed by atoms with E-state index in [4.69, 9.17) is 11.3 Å². The molecule has 3 heteroatoms. The Bertz CT molecular complexity index is 146. The molecule has 1 heterocycles. The van der Waals surface area contributed by atoms with Gasteiger partial charge in [0, 0.05) is 0 Å². The summed E-state index contributed by atoms with van der Waals surface area (Å²) in [4.78, 5) is 3.29. The van der Waals surface area contributed by atoms with Crippen LogP contribution in [0.1, 0.15) is 12.8 Å². The normalized spacial score (nSPS) is 23.6. The van der Waals surface area contributed by atoms with Gasteiger partial charge in [-0.1, -0.05) is 0 Å². The van der Waals surface area contributed by atoms with E-state index in [0.717, 1.165) is 0 Å². The van der Waals surface area contributed by atoms with E-state index in [1.54, 1.807) is 0 Å². The van der Waals surface area contributed by atoms with Gasteiger partial charge >= 0.3 is 0 Å². The summed E-state index contributed by atoms with van der Waals surface area (Å²) in [5.74, 6) is 0. The minimum absolute atomic E-state index is 0.528. The van der Waals surface area contributed by atoms with Crippen LogP contribution in [-0.4, -0.2) is 25.4 Å². The summed E-state index contributed by atoms with van der Waals surface area (Å²) in [6.45, 7) is 7.31. The number of alkyl halides is 1. The van der Waals surface area contributed by atoms with Crippen molar-refractivity contribution in [2.24, 2.45) is 0 Å². The first-order valence-corrected chi connectivity index (χ1v) is 3.35. The molecular weight excluding hydrogens is 133 g/mol. The van der Waals surface area contributed by atoms with Crippen molar-refractivity contribution in [2.45, 2.75) is 18.4 Å². The molecule has 0 bridgehead atoms. The van der Waals surface area contributed by atoms with Gasteiger partial charge in [0.1, 0.15) is 0 Å². The predicted octanol–water partition coefficient (Wildman–Crippen LogP) is 1.42. The van der Waals surface area contributed by atoms with Crippen LogP contribution in [0.15, 0.2) is 0 Å². The first-order valence-electron chi connectivity index (χ1n) is 3.35. The quantitative estimate of drug-likeness (QED) is 0.506. The topological polar surface area (TPSA) is 13.6 Å². The molecule has 0 radical (unpaired) electrons. The minimum atomic E-state index is -0.738. The van der Waals surface area contributed by atoms with Crippen molar-refractivity contribution in [3.8, 4) is 0 Å². The van der Waals surface area contributed by atoms with E-state index in [1.807, 2.05) is 0 Å². The van der Waals surface area contributed by atoms with Gasteiger partial charge < -0.3 is 9.58 Å². The second kappa shape index (κ2) is 2.98. The van der Waals surface area contributed by atoms with E-state index >= 15 is 0 Å². The smallest absolute Gasteiger partial charge is 0.264 e. The Morgan fingerprint density at radius 3 is 2.40 bits per heavy atom. The molecule has 10 heavy (non-hydrogen) atoms. The lowest BCUT2D eigenvalue weighted by Gasteiger charge is -2.22. The van der Waals surface area contributed by atoms with Crippen molar-refractivity contribution >= 4 is 0 Å². The third kappa shape index (κ3) is 1.27. The van der Waals surface area contributed by atoms with Crippen molar-refractivity contribution in [1.82, 2.24) is 0 Å². The molecule has 0 saturated carbocycles. The molecular formula is C7H10FNO. The fraction of sp³-hybridized carbons (Fsp3) is 0.857. The SMILES string of the molecule is [C-]#[N+]C1(CF)CCOCC1. The maximum absolute atomic E-state index is 12.3. The average molecular weight is 143 g/mol. The van der Waals surface area contributed by atoms with Crippen molar-refractivity contribution in [1.29, 1.82) is 0 Å². The van der Waals surface area contributed by atoms with Crippen LogP contribution in [0.4, 0.5) is 4.39 Å². The molecule has 0 aromatic heterocycles. The molecule has 0 aromatic carbocycles. The van der Waals surface area contributed by atoms with Gasteiger partial charge in [-0.2, -0.15) is 0 Å². The van der Waals surface area contributed by atoms with E-state index < -0.39 is 12.2 Å². The van der Waals surface area contributed by atoms with Crippen LogP contribution < -0.4 is 0 Å².